The Balaban J connectivity index is 2.98. The van der Waals surface area contributed by atoms with Gasteiger partial charge in [0.05, 0.1) is 13.2 Å². The zero-order valence-corrected chi connectivity index (χ0v) is 12.5. The summed E-state index contributed by atoms with van der Waals surface area (Å²) in [5.74, 6) is 1.50. The first kappa shape index (κ1) is 15.9. The lowest BCUT2D eigenvalue weighted by Gasteiger charge is -2.26. The summed E-state index contributed by atoms with van der Waals surface area (Å²) in [7, 11) is 1.71. The zero-order valence-electron chi connectivity index (χ0n) is 12.5. The summed E-state index contributed by atoms with van der Waals surface area (Å²) >= 11 is 0. The molecular formula is C15H26N2O2. The highest BCUT2D eigenvalue weighted by molar-refractivity contribution is 5.42. The van der Waals surface area contributed by atoms with Crippen molar-refractivity contribution >= 4 is 5.82 Å². The van der Waals surface area contributed by atoms with Gasteiger partial charge in [0, 0.05) is 25.9 Å². The SMILES string of the molecule is CCc1cc(CO)cc(N(CCOC)CC(C)C)n1. The van der Waals surface area contributed by atoms with Crippen molar-refractivity contribution in [1.82, 2.24) is 4.98 Å². The predicted molar refractivity (Wildman–Crippen MR) is 78.5 cm³/mol. The lowest BCUT2D eigenvalue weighted by molar-refractivity contribution is 0.204. The van der Waals surface area contributed by atoms with Crippen molar-refractivity contribution in [1.29, 1.82) is 0 Å². The number of pyridine rings is 1. The maximum Gasteiger partial charge on any atom is 0.129 e. The van der Waals surface area contributed by atoms with Crippen molar-refractivity contribution in [3.8, 4) is 0 Å². The number of hydrogen-bond acceptors (Lipinski definition) is 4. The van der Waals surface area contributed by atoms with Crippen LogP contribution in [0.4, 0.5) is 5.82 Å². The Bertz CT molecular complexity index is 358. The van der Waals surface area contributed by atoms with Crippen LogP contribution in [-0.2, 0) is 17.8 Å². The van der Waals surface area contributed by atoms with Crippen molar-refractivity contribution in [3.63, 3.8) is 0 Å². The van der Waals surface area contributed by atoms with Crippen LogP contribution in [0.15, 0.2) is 12.1 Å². The lowest BCUT2D eigenvalue weighted by atomic mass is 10.1. The molecule has 0 amide bonds. The number of aliphatic hydroxyl groups is 1. The fraction of sp³-hybridized carbons (Fsp3) is 0.667. The molecule has 0 radical (unpaired) electrons. The molecule has 0 aliphatic rings. The molecule has 0 atom stereocenters. The Morgan fingerprint density at radius 2 is 2.11 bits per heavy atom. The Hall–Kier alpha value is -1.13. The second-order valence-electron chi connectivity index (χ2n) is 5.17. The molecule has 0 aliphatic heterocycles. The molecule has 0 bridgehead atoms. The second-order valence-corrected chi connectivity index (χ2v) is 5.17. The van der Waals surface area contributed by atoms with E-state index in [1.807, 2.05) is 12.1 Å². The zero-order chi connectivity index (χ0) is 14.3. The van der Waals surface area contributed by atoms with Crippen LogP contribution in [0.25, 0.3) is 0 Å². The van der Waals surface area contributed by atoms with Gasteiger partial charge in [0.1, 0.15) is 5.82 Å². The third-order valence-electron chi connectivity index (χ3n) is 2.94. The van der Waals surface area contributed by atoms with Crippen molar-refractivity contribution in [2.75, 3.05) is 31.7 Å². The molecular weight excluding hydrogens is 240 g/mol. The van der Waals surface area contributed by atoms with Gasteiger partial charge in [-0.15, -0.1) is 0 Å². The average Bonchev–Trinajstić information content (AvgIpc) is 2.42. The third kappa shape index (κ3) is 5.17. The number of ether oxygens (including phenoxy) is 1. The molecule has 1 N–H and O–H groups in total. The summed E-state index contributed by atoms with van der Waals surface area (Å²) in [4.78, 5) is 6.89. The molecule has 108 valence electrons. The van der Waals surface area contributed by atoms with Crippen LogP contribution >= 0.6 is 0 Å². The Labute approximate surface area is 116 Å². The quantitative estimate of drug-likeness (QED) is 0.784. The van der Waals surface area contributed by atoms with E-state index in [-0.39, 0.29) is 6.61 Å². The minimum atomic E-state index is 0.0579. The molecule has 0 aliphatic carbocycles. The average molecular weight is 266 g/mol. The van der Waals surface area contributed by atoms with Crippen LogP contribution < -0.4 is 4.90 Å². The monoisotopic (exact) mass is 266 g/mol. The maximum absolute atomic E-state index is 9.35. The first-order valence-electron chi connectivity index (χ1n) is 6.95. The number of methoxy groups -OCH3 is 1. The fourth-order valence-electron chi connectivity index (χ4n) is 2.01. The van der Waals surface area contributed by atoms with E-state index in [0.717, 1.165) is 36.6 Å². The highest BCUT2D eigenvalue weighted by Gasteiger charge is 2.11. The minimum Gasteiger partial charge on any atom is -0.392 e. The molecule has 0 unspecified atom stereocenters. The summed E-state index contributed by atoms with van der Waals surface area (Å²) in [6.07, 6.45) is 0.876. The molecule has 0 fully saturated rings. The van der Waals surface area contributed by atoms with E-state index < -0.39 is 0 Å². The van der Waals surface area contributed by atoms with Gasteiger partial charge in [-0.25, -0.2) is 4.98 Å². The summed E-state index contributed by atoms with van der Waals surface area (Å²) in [5, 5.41) is 9.35. The van der Waals surface area contributed by atoms with Gasteiger partial charge < -0.3 is 14.7 Å². The van der Waals surface area contributed by atoms with Crippen LogP contribution in [0.1, 0.15) is 32.0 Å². The van der Waals surface area contributed by atoms with Gasteiger partial charge in [0.15, 0.2) is 0 Å². The second kappa shape index (κ2) is 8.12. The van der Waals surface area contributed by atoms with E-state index in [9.17, 15) is 5.11 Å². The number of anilines is 1. The molecule has 4 nitrogen and oxygen atoms in total. The molecule has 0 saturated heterocycles. The molecule has 0 aromatic carbocycles. The van der Waals surface area contributed by atoms with Gasteiger partial charge in [0.25, 0.3) is 0 Å². The topological polar surface area (TPSA) is 45.6 Å². The number of aromatic nitrogens is 1. The fourth-order valence-corrected chi connectivity index (χ4v) is 2.01. The van der Waals surface area contributed by atoms with Crippen LogP contribution in [0.3, 0.4) is 0 Å². The maximum atomic E-state index is 9.35. The molecule has 1 heterocycles. The molecule has 0 spiro atoms. The minimum absolute atomic E-state index is 0.0579. The smallest absolute Gasteiger partial charge is 0.129 e. The van der Waals surface area contributed by atoms with E-state index in [2.05, 4.69) is 30.7 Å². The van der Waals surface area contributed by atoms with E-state index in [1.54, 1.807) is 7.11 Å². The van der Waals surface area contributed by atoms with Gasteiger partial charge in [-0.05, 0) is 30.0 Å². The van der Waals surface area contributed by atoms with Crippen molar-refractivity contribution in [2.24, 2.45) is 5.92 Å². The van der Waals surface area contributed by atoms with Crippen LogP contribution in [0, 0.1) is 5.92 Å². The Kier molecular flexibility index (Phi) is 6.81. The summed E-state index contributed by atoms with van der Waals surface area (Å²) in [6, 6.07) is 3.94. The van der Waals surface area contributed by atoms with E-state index in [0.29, 0.717) is 12.5 Å². The number of hydrogen-bond donors (Lipinski definition) is 1. The molecule has 19 heavy (non-hydrogen) atoms. The molecule has 0 saturated carbocycles. The van der Waals surface area contributed by atoms with Crippen LogP contribution in [0.2, 0.25) is 0 Å². The van der Waals surface area contributed by atoms with E-state index in [1.165, 1.54) is 0 Å². The number of aliphatic hydroxyl groups excluding tert-OH is 1. The summed E-state index contributed by atoms with van der Waals surface area (Å²) < 4.78 is 5.17. The predicted octanol–water partition coefficient (Wildman–Crippen LogP) is 2.25. The number of nitrogens with zero attached hydrogens (tertiary/aromatic N) is 2. The van der Waals surface area contributed by atoms with Gasteiger partial charge >= 0.3 is 0 Å². The van der Waals surface area contributed by atoms with Crippen molar-refractivity contribution in [2.45, 2.75) is 33.8 Å². The van der Waals surface area contributed by atoms with Gasteiger partial charge in [-0.3, -0.25) is 0 Å². The van der Waals surface area contributed by atoms with Crippen LogP contribution in [0.5, 0.6) is 0 Å². The first-order chi connectivity index (χ1) is 9.10. The number of rotatable bonds is 8. The number of aryl methyl sites for hydroxylation is 1. The third-order valence-corrected chi connectivity index (χ3v) is 2.94. The van der Waals surface area contributed by atoms with Crippen LogP contribution in [-0.4, -0.2) is 36.9 Å². The molecule has 1 aromatic rings. The summed E-state index contributed by atoms with van der Waals surface area (Å²) in [5.41, 5.74) is 1.95. The normalized spacial score (nSPS) is 11.1. The lowest BCUT2D eigenvalue weighted by Crippen LogP contribution is -2.32. The highest BCUT2D eigenvalue weighted by Crippen LogP contribution is 2.17. The molecule has 4 heteroatoms. The van der Waals surface area contributed by atoms with Gasteiger partial charge in [0.2, 0.25) is 0 Å². The van der Waals surface area contributed by atoms with E-state index >= 15 is 0 Å². The standard InChI is InChI=1S/C15H26N2O2/c1-5-14-8-13(11-18)9-15(16-14)17(6-7-19-4)10-12(2)3/h8-9,12,18H,5-7,10-11H2,1-4H3. The Morgan fingerprint density at radius 1 is 1.37 bits per heavy atom. The first-order valence-corrected chi connectivity index (χ1v) is 6.95. The molecule has 1 aromatic heterocycles. The molecule has 1 rings (SSSR count). The van der Waals surface area contributed by atoms with Gasteiger partial charge in [-0.1, -0.05) is 20.8 Å². The van der Waals surface area contributed by atoms with Crippen molar-refractivity contribution in [3.05, 3.63) is 23.4 Å². The van der Waals surface area contributed by atoms with Crippen molar-refractivity contribution < 1.29 is 9.84 Å². The highest BCUT2D eigenvalue weighted by atomic mass is 16.5. The van der Waals surface area contributed by atoms with Gasteiger partial charge in [-0.2, -0.15) is 0 Å². The summed E-state index contributed by atoms with van der Waals surface area (Å²) in [6.45, 7) is 8.96. The largest absolute Gasteiger partial charge is 0.392 e. The Morgan fingerprint density at radius 3 is 2.63 bits per heavy atom. The van der Waals surface area contributed by atoms with E-state index in [4.69, 9.17) is 4.74 Å².